The first-order valence-electron chi connectivity index (χ1n) is 6.77. The molecule has 0 aliphatic heterocycles. The molecule has 5 heteroatoms. The topological polar surface area (TPSA) is 34.1 Å². The summed E-state index contributed by atoms with van der Waals surface area (Å²) in [6.45, 7) is 6.44. The summed E-state index contributed by atoms with van der Waals surface area (Å²) in [6.07, 6.45) is 1.70. The van der Waals surface area contributed by atoms with E-state index in [9.17, 15) is 8.78 Å². The van der Waals surface area contributed by atoms with Crippen LogP contribution in [0.1, 0.15) is 25.1 Å². The fourth-order valence-corrected chi connectivity index (χ4v) is 1.78. The second-order valence-electron chi connectivity index (χ2n) is 5.15. The SMILES string of the molecule is Cc1cc(Oc2ccc(F)cc2F)c(CNC(C)C)cn1. The lowest BCUT2D eigenvalue weighted by atomic mass is 10.2. The molecule has 0 saturated heterocycles. The average molecular weight is 292 g/mol. The lowest BCUT2D eigenvalue weighted by Crippen LogP contribution is -2.22. The molecule has 0 atom stereocenters. The van der Waals surface area contributed by atoms with Crippen molar-refractivity contribution in [2.75, 3.05) is 0 Å². The highest BCUT2D eigenvalue weighted by atomic mass is 19.1. The number of rotatable bonds is 5. The highest BCUT2D eigenvalue weighted by Crippen LogP contribution is 2.28. The Labute approximate surface area is 123 Å². The van der Waals surface area contributed by atoms with E-state index >= 15 is 0 Å². The van der Waals surface area contributed by atoms with E-state index in [0.29, 0.717) is 18.3 Å². The maximum absolute atomic E-state index is 13.7. The molecule has 112 valence electrons. The number of aryl methyl sites for hydroxylation is 1. The largest absolute Gasteiger partial charge is 0.454 e. The van der Waals surface area contributed by atoms with E-state index in [0.717, 1.165) is 17.3 Å². The van der Waals surface area contributed by atoms with Gasteiger partial charge in [0.05, 0.1) is 0 Å². The van der Waals surface area contributed by atoms with Crippen molar-refractivity contribution in [1.82, 2.24) is 10.3 Å². The van der Waals surface area contributed by atoms with Crippen LogP contribution in [0.3, 0.4) is 0 Å². The van der Waals surface area contributed by atoms with Crippen molar-refractivity contribution in [3.63, 3.8) is 0 Å². The molecule has 2 rings (SSSR count). The fourth-order valence-electron chi connectivity index (χ4n) is 1.78. The molecular formula is C16H18F2N2O. The molecular weight excluding hydrogens is 274 g/mol. The van der Waals surface area contributed by atoms with Gasteiger partial charge in [-0.1, -0.05) is 13.8 Å². The Morgan fingerprint density at radius 1 is 1.19 bits per heavy atom. The summed E-state index contributed by atoms with van der Waals surface area (Å²) in [7, 11) is 0. The number of nitrogens with zero attached hydrogens (tertiary/aromatic N) is 1. The molecule has 0 amide bonds. The smallest absolute Gasteiger partial charge is 0.168 e. The van der Waals surface area contributed by atoms with Gasteiger partial charge in [-0.3, -0.25) is 4.98 Å². The summed E-state index contributed by atoms with van der Waals surface area (Å²) in [5.41, 5.74) is 1.58. The second kappa shape index (κ2) is 6.63. The second-order valence-corrected chi connectivity index (χ2v) is 5.15. The van der Waals surface area contributed by atoms with Gasteiger partial charge < -0.3 is 10.1 Å². The van der Waals surface area contributed by atoms with Gasteiger partial charge in [-0.05, 0) is 19.1 Å². The number of aromatic nitrogens is 1. The Morgan fingerprint density at radius 3 is 2.62 bits per heavy atom. The van der Waals surface area contributed by atoms with Crippen LogP contribution in [0, 0.1) is 18.6 Å². The third kappa shape index (κ3) is 4.23. The van der Waals surface area contributed by atoms with Crippen LogP contribution >= 0.6 is 0 Å². The van der Waals surface area contributed by atoms with Crippen molar-refractivity contribution in [2.45, 2.75) is 33.4 Å². The van der Waals surface area contributed by atoms with E-state index in [-0.39, 0.29) is 5.75 Å². The minimum atomic E-state index is -0.729. The molecule has 0 aliphatic rings. The van der Waals surface area contributed by atoms with Crippen LogP contribution < -0.4 is 10.1 Å². The zero-order valence-corrected chi connectivity index (χ0v) is 12.3. The standard InChI is InChI=1S/C16H18F2N2O/c1-10(2)19-8-12-9-20-11(3)6-16(12)21-15-5-4-13(17)7-14(15)18/h4-7,9-10,19H,8H2,1-3H3. The zero-order chi connectivity index (χ0) is 15.4. The van der Waals surface area contributed by atoms with E-state index in [2.05, 4.69) is 10.3 Å². The first kappa shape index (κ1) is 15.4. The molecule has 1 aromatic heterocycles. The molecule has 0 bridgehead atoms. The first-order valence-corrected chi connectivity index (χ1v) is 6.77. The minimum absolute atomic E-state index is 0.00667. The van der Waals surface area contributed by atoms with Gasteiger partial charge in [0.1, 0.15) is 11.6 Å². The van der Waals surface area contributed by atoms with Crippen molar-refractivity contribution >= 4 is 0 Å². The van der Waals surface area contributed by atoms with Gasteiger partial charge in [0.15, 0.2) is 11.6 Å². The number of ether oxygens (including phenoxy) is 1. The minimum Gasteiger partial charge on any atom is -0.454 e. The number of hydrogen-bond acceptors (Lipinski definition) is 3. The molecule has 2 aromatic rings. The van der Waals surface area contributed by atoms with Crippen LogP contribution in [0.25, 0.3) is 0 Å². The summed E-state index contributed by atoms with van der Waals surface area (Å²) in [4.78, 5) is 4.22. The summed E-state index contributed by atoms with van der Waals surface area (Å²) >= 11 is 0. The van der Waals surface area contributed by atoms with Gasteiger partial charge in [0.25, 0.3) is 0 Å². The van der Waals surface area contributed by atoms with Gasteiger partial charge in [-0.25, -0.2) is 8.78 Å². The predicted molar refractivity (Wildman–Crippen MR) is 77.4 cm³/mol. The molecule has 0 unspecified atom stereocenters. The predicted octanol–water partition coefficient (Wildman–Crippen LogP) is 3.96. The Bertz CT molecular complexity index is 630. The molecule has 0 fully saturated rings. The Hall–Kier alpha value is -2.01. The van der Waals surface area contributed by atoms with Crippen molar-refractivity contribution in [3.05, 3.63) is 53.4 Å². The van der Waals surface area contributed by atoms with Gasteiger partial charge in [-0.2, -0.15) is 0 Å². The molecule has 0 aliphatic carbocycles. The number of hydrogen-bond donors (Lipinski definition) is 1. The number of nitrogens with one attached hydrogen (secondary N) is 1. The summed E-state index contributed by atoms with van der Waals surface area (Å²) in [5, 5.41) is 3.26. The van der Waals surface area contributed by atoms with E-state index in [1.807, 2.05) is 20.8 Å². The third-order valence-electron chi connectivity index (χ3n) is 2.90. The maximum Gasteiger partial charge on any atom is 0.168 e. The van der Waals surface area contributed by atoms with Crippen molar-refractivity contribution in [2.24, 2.45) is 0 Å². The van der Waals surface area contributed by atoms with E-state index < -0.39 is 11.6 Å². The fraction of sp³-hybridized carbons (Fsp3) is 0.312. The Kier molecular flexibility index (Phi) is 4.85. The average Bonchev–Trinajstić information content (AvgIpc) is 2.41. The Balaban J connectivity index is 2.27. The Morgan fingerprint density at radius 2 is 1.95 bits per heavy atom. The van der Waals surface area contributed by atoms with Gasteiger partial charge in [-0.15, -0.1) is 0 Å². The number of halogens is 2. The molecule has 0 saturated carbocycles. The summed E-state index contributed by atoms with van der Waals surface area (Å²) < 4.78 is 32.2. The van der Waals surface area contributed by atoms with Crippen molar-refractivity contribution in [1.29, 1.82) is 0 Å². The third-order valence-corrected chi connectivity index (χ3v) is 2.90. The van der Waals surface area contributed by atoms with E-state index in [1.165, 1.54) is 12.1 Å². The quantitative estimate of drug-likeness (QED) is 0.905. The van der Waals surface area contributed by atoms with Gasteiger partial charge in [0.2, 0.25) is 0 Å². The highest BCUT2D eigenvalue weighted by Gasteiger charge is 2.11. The maximum atomic E-state index is 13.7. The molecule has 1 N–H and O–H groups in total. The van der Waals surface area contributed by atoms with Crippen molar-refractivity contribution in [3.8, 4) is 11.5 Å². The van der Waals surface area contributed by atoms with Crippen LogP contribution in [0.2, 0.25) is 0 Å². The molecule has 0 spiro atoms. The molecule has 0 radical (unpaired) electrons. The highest BCUT2D eigenvalue weighted by molar-refractivity contribution is 5.38. The molecule has 1 heterocycles. The lowest BCUT2D eigenvalue weighted by Gasteiger charge is -2.14. The number of benzene rings is 1. The van der Waals surface area contributed by atoms with Gasteiger partial charge >= 0.3 is 0 Å². The van der Waals surface area contributed by atoms with Crippen LogP contribution in [0.5, 0.6) is 11.5 Å². The molecule has 1 aromatic carbocycles. The molecule has 21 heavy (non-hydrogen) atoms. The van der Waals surface area contributed by atoms with Crippen LogP contribution in [-0.2, 0) is 6.54 Å². The molecule has 3 nitrogen and oxygen atoms in total. The van der Waals surface area contributed by atoms with Crippen LogP contribution in [-0.4, -0.2) is 11.0 Å². The van der Waals surface area contributed by atoms with Crippen LogP contribution in [0.4, 0.5) is 8.78 Å². The zero-order valence-electron chi connectivity index (χ0n) is 12.3. The number of pyridine rings is 1. The van der Waals surface area contributed by atoms with Crippen molar-refractivity contribution < 1.29 is 13.5 Å². The van der Waals surface area contributed by atoms with E-state index in [4.69, 9.17) is 4.74 Å². The van der Waals surface area contributed by atoms with Gasteiger partial charge in [0, 0.05) is 42.2 Å². The summed E-state index contributed by atoms with van der Waals surface area (Å²) in [6, 6.07) is 5.29. The first-order chi connectivity index (χ1) is 9.95. The summed E-state index contributed by atoms with van der Waals surface area (Å²) in [5.74, 6) is -0.853. The van der Waals surface area contributed by atoms with E-state index in [1.54, 1.807) is 12.3 Å². The van der Waals surface area contributed by atoms with Crippen LogP contribution in [0.15, 0.2) is 30.5 Å². The normalized spacial score (nSPS) is 11.0. The monoisotopic (exact) mass is 292 g/mol. The lowest BCUT2D eigenvalue weighted by molar-refractivity contribution is 0.429.